The van der Waals surface area contributed by atoms with Crippen LogP contribution in [0.4, 0.5) is 0 Å². The van der Waals surface area contributed by atoms with E-state index in [9.17, 15) is 9.59 Å². The fourth-order valence-electron chi connectivity index (χ4n) is 2.39. The Kier molecular flexibility index (Phi) is 7.53. The van der Waals surface area contributed by atoms with Crippen molar-refractivity contribution in [3.05, 3.63) is 51.9 Å². The Hall–Kier alpha value is -1.99. The molecule has 1 amide bonds. The van der Waals surface area contributed by atoms with Crippen LogP contribution < -0.4 is 5.32 Å². The van der Waals surface area contributed by atoms with Crippen LogP contribution in [0.5, 0.6) is 0 Å². The number of hydrogen-bond donors (Lipinski definition) is 1. The lowest BCUT2D eigenvalue weighted by atomic mass is 10.0. The van der Waals surface area contributed by atoms with Crippen LogP contribution in [0.2, 0.25) is 5.02 Å². The van der Waals surface area contributed by atoms with Gasteiger partial charge < -0.3 is 14.6 Å². The van der Waals surface area contributed by atoms with Crippen LogP contribution in [0, 0.1) is 13.8 Å². The van der Waals surface area contributed by atoms with Crippen molar-refractivity contribution in [2.75, 3.05) is 12.9 Å². The summed E-state index contributed by atoms with van der Waals surface area (Å²) in [7, 11) is 1.32. The number of benzene rings is 1. The van der Waals surface area contributed by atoms with Gasteiger partial charge in [-0.15, -0.1) is 11.8 Å². The minimum atomic E-state index is -0.466. The summed E-state index contributed by atoms with van der Waals surface area (Å²) in [5.74, 6) is 1.10. The summed E-state index contributed by atoms with van der Waals surface area (Å²) in [6.45, 7) is 3.72. The Morgan fingerprint density at radius 3 is 2.58 bits per heavy atom. The number of aromatic nitrogens is 1. The van der Waals surface area contributed by atoms with Crippen molar-refractivity contribution in [2.45, 2.75) is 32.1 Å². The number of amides is 1. The first kappa shape index (κ1) is 20.3. The molecule has 26 heavy (non-hydrogen) atoms. The summed E-state index contributed by atoms with van der Waals surface area (Å²) in [6, 6.07) is 6.55. The van der Waals surface area contributed by atoms with Crippen LogP contribution in [0.1, 0.15) is 35.0 Å². The summed E-state index contributed by atoms with van der Waals surface area (Å²) in [5.41, 5.74) is 2.63. The summed E-state index contributed by atoms with van der Waals surface area (Å²) in [5, 5.41) is 7.37. The number of thioether (sulfide) groups is 1. The number of nitrogens with zero attached hydrogens (tertiary/aromatic N) is 1. The van der Waals surface area contributed by atoms with Crippen LogP contribution in [0.25, 0.3) is 0 Å². The van der Waals surface area contributed by atoms with E-state index in [2.05, 4.69) is 10.5 Å². The summed E-state index contributed by atoms with van der Waals surface area (Å²) in [6.07, 6.45) is 0.0540. The van der Waals surface area contributed by atoms with Crippen LogP contribution in [0.3, 0.4) is 0 Å². The topological polar surface area (TPSA) is 81.4 Å². The summed E-state index contributed by atoms with van der Waals surface area (Å²) < 4.78 is 9.84. The van der Waals surface area contributed by atoms with Crippen molar-refractivity contribution in [3.8, 4) is 0 Å². The van der Waals surface area contributed by atoms with E-state index in [1.807, 2.05) is 13.8 Å². The zero-order chi connectivity index (χ0) is 19.1. The second kappa shape index (κ2) is 9.64. The Labute approximate surface area is 161 Å². The third-order valence-electron chi connectivity index (χ3n) is 3.87. The molecule has 8 heteroatoms. The van der Waals surface area contributed by atoms with Crippen molar-refractivity contribution in [2.24, 2.45) is 0 Å². The molecule has 1 aromatic heterocycles. The number of rotatable bonds is 8. The highest BCUT2D eigenvalue weighted by molar-refractivity contribution is 7.99. The van der Waals surface area contributed by atoms with Gasteiger partial charge in [0, 0.05) is 16.3 Å². The zero-order valence-electron chi connectivity index (χ0n) is 14.9. The van der Waals surface area contributed by atoms with Gasteiger partial charge in [0.1, 0.15) is 5.76 Å². The molecule has 0 spiro atoms. The molecule has 2 rings (SSSR count). The first-order valence-corrected chi connectivity index (χ1v) is 9.55. The molecule has 1 heterocycles. The Morgan fingerprint density at radius 2 is 2.00 bits per heavy atom. The Morgan fingerprint density at radius 1 is 1.31 bits per heavy atom. The quantitative estimate of drug-likeness (QED) is 0.686. The highest BCUT2D eigenvalue weighted by Gasteiger charge is 2.19. The highest BCUT2D eigenvalue weighted by Crippen LogP contribution is 2.22. The van der Waals surface area contributed by atoms with Gasteiger partial charge in [-0.1, -0.05) is 28.9 Å². The zero-order valence-corrected chi connectivity index (χ0v) is 16.4. The average molecular weight is 397 g/mol. The van der Waals surface area contributed by atoms with Gasteiger partial charge in [0.25, 0.3) is 0 Å². The maximum atomic E-state index is 12.3. The van der Waals surface area contributed by atoms with Gasteiger partial charge in [0.05, 0.1) is 31.0 Å². The number of esters is 1. The predicted molar refractivity (Wildman–Crippen MR) is 101 cm³/mol. The first-order valence-electron chi connectivity index (χ1n) is 8.01. The van der Waals surface area contributed by atoms with Gasteiger partial charge in [0.15, 0.2) is 0 Å². The van der Waals surface area contributed by atoms with E-state index in [0.29, 0.717) is 10.8 Å². The molecule has 0 saturated carbocycles. The smallest absolute Gasteiger partial charge is 0.307 e. The first-order chi connectivity index (χ1) is 12.4. The van der Waals surface area contributed by atoms with Crippen LogP contribution in [0.15, 0.2) is 28.8 Å². The minimum absolute atomic E-state index is 0.0540. The second-order valence-corrected chi connectivity index (χ2v) is 7.17. The van der Waals surface area contributed by atoms with Gasteiger partial charge >= 0.3 is 5.97 Å². The van der Waals surface area contributed by atoms with Crippen LogP contribution >= 0.6 is 23.4 Å². The molecule has 0 aliphatic rings. The number of hydrogen-bond acceptors (Lipinski definition) is 6. The number of aryl methyl sites for hydroxylation is 2. The van der Waals surface area contributed by atoms with E-state index >= 15 is 0 Å². The molecule has 0 radical (unpaired) electrons. The van der Waals surface area contributed by atoms with Crippen molar-refractivity contribution >= 4 is 35.2 Å². The normalized spacial score (nSPS) is 11.8. The van der Waals surface area contributed by atoms with Crippen LogP contribution in [-0.2, 0) is 20.1 Å². The van der Waals surface area contributed by atoms with Crippen molar-refractivity contribution in [3.63, 3.8) is 0 Å². The fraction of sp³-hybridized carbons (Fsp3) is 0.389. The molecule has 1 unspecified atom stereocenters. The molecule has 1 N–H and O–H groups in total. The standard InChI is InChI=1S/C18H21ClN2O4S/c1-11-15(12(2)25-21-11)9-26-10-17(22)20-16(8-18(23)24-3)13-4-6-14(19)7-5-13/h4-7,16H,8-10H2,1-3H3,(H,20,22). The highest BCUT2D eigenvalue weighted by atomic mass is 35.5. The summed E-state index contributed by atoms with van der Waals surface area (Å²) in [4.78, 5) is 24.0. The van der Waals surface area contributed by atoms with E-state index in [4.69, 9.17) is 20.9 Å². The molecular weight excluding hydrogens is 376 g/mol. The average Bonchev–Trinajstić information content (AvgIpc) is 2.93. The van der Waals surface area contributed by atoms with E-state index < -0.39 is 12.0 Å². The van der Waals surface area contributed by atoms with Crippen molar-refractivity contribution in [1.29, 1.82) is 0 Å². The lowest BCUT2D eigenvalue weighted by Gasteiger charge is -2.18. The number of carbonyl (C=O) groups excluding carboxylic acids is 2. The van der Waals surface area contributed by atoms with Gasteiger partial charge in [-0.05, 0) is 31.5 Å². The molecule has 1 aromatic carbocycles. The van der Waals surface area contributed by atoms with E-state index in [1.165, 1.54) is 18.9 Å². The van der Waals surface area contributed by atoms with Gasteiger partial charge in [-0.2, -0.15) is 0 Å². The Balaban J connectivity index is 1.94. The molecule has 0 bridgehead atoms. The van der Waals surface area contributed by atoms with Gasteiger partial charge in [0.2, 0.25) is 5.91 Å². The SMILES string of the molecule is COC(=O)CC(NC(=O)CSCc1c(C)noc1C)c1ccc(Cl)cc1. The van der Waals surface area contributed by atoms with Crippen molar-refractivity contribution < 1.29 is 18.8 Å². The minimum Gasteiger partial charge on any atom is -0.469 e. The number of ether oxygens (including phenoxy) is 1. The third kappa shape index (κ3) is 5.78. The molecule has 0 aliphatic carbocycles. The molecule has 1 atom stereocenters. The molecule has 2 aromatic rings. The monoisotopic (exact) mass is 396 g/mol. The Bertz CT molecular complexity index is 742. The third-order valence-corrected chi connectivity index (χ3v) is 5.08. The number of nitrogens with one attached hydrogen (secondary N) is 1. The summed E-state index contributed by atoms with van der Waals surface area (Å²) >= 11 is 7.37. The number of methoxy groups -OCH3 is 1. The van der Waals surface area contributed by atoms with E-state index in [1.54, 1.807) is 24.3 Å². The molecule has 140 valence electrons. The van der Waals surface area contributed by atoms with E-state index in [0.717, 1.165) is 22.6 Å². The predicted octanol–water partition coefficient (Wildman–Crippen LogP) is 3.60. The fourth-order valence-corrected chi connectivity index (χ4v) is 3.50. The molecule has 6 nitrogen and oxygen atoms in total. The van der Waals surface area contributed by atoms with Gasteiger partial charge in [-0.25, -0.2) is 0 Å². The molecular formula is C18H21ClN2O4S. The lowest BCUT2D eigenvalue weighted by molar-refractivity contribution is -0.141. The maximum Gasteiger partial charge on any atom is 0.307 e. The second-order valence-electron chi connectivity index (χ2n) is 5.75. The number of halogens is 1. The molecule has 0 aliphatic heterocycles. The van der Waals surface area contributed by atoms with Crippen LogP contribution in [-0.4, -0.2) is 29.9 Å². The van der Waals surface area contributed by atoms with Gasteiger partial charge in [-0.3, -0.25) is 9.59 Å². The number of carbonyl (C=O) groups is 2. The molecule has 0 saturated heterocycles. The van der Waals surface area contributed by atoms with Crippen molar-refractivity contribution in [1.82, 2.24) is 10.5 Å². The largest absolute Gasteiger partial charge is 0.469 e. The molecule has 0 fully saturated rings. The lowest BCUT2D eigenvalue weighted by Crippen LogP contribution is -2.31. The maximum absolute atomic E-state index is 12.3. The van der Waals surface area contributed by atoms with E-state index in [-0.39, 0.29) is 18.1 Å².